The summed E-state index contributed by atoms with van der Waals surface area (Å²) in [5, 5.41) is 10.4. The molecule has 0 saturated carbocycles. The molecule has 4 rings (SSSR count). The first-order valence-electron chi connectivity index (χ1n) is 10.3. The van der Waals surface area contributed by atoms with Crippen LogP contribution in [0.25, 0.3) is 0 Å². The Hall–Kier alpha value is -2.34. The molecular formula is C23H29N3O2S. The minimum absolute atomic E-state index is 0.390. The predicted octanol–water partition coefficient (Wildman–Crippen LogP) is 3.95. The number of pyridine rings is 1. The smallest absolute Gasteiger partial charge is 0.156 e. The van der Waals surface area contributed by atoms with Gasteiger partial charge in [0.1, 0.15) is 22.3 Å². The summed E-state index contributed by atoms with van der Waals surface area (Å²) in [5.74, 6) is 2.32. The first-order chi connectivity index (χ1) is 13.8. The molecule has 1 aromatic heterocycles. The van der Waals surface area contributed by atoms with Gasteiger partial charge in [0.2, 0.25) is 0 Å². The molecule has 5 nitrogen and oxygen atoms in total. The average molecular weight is 412 g/mol. The fraction of sp³-hybridized carbons (Fsp3) is 0.478. The molecule has 0 bridgehead atoms. The number of phenols is 1. The Labute approximate surface area is 178 Å². The van der Waals surface area contributed by atoms with Gasteiger partial charge < -0.3 is 19.6 Å². The van der Waals surface area contributed by atoms with E-state index in [-0.39, 0.29) is 0 Å². The van der Waals surface area contributed by atoms with E-state index in [1.165, 1.54) is 0 Å². The van der Waals surface area contributed by atoms with Crippen LogP contribution in [0.5, 0.6) is 11.5 Å². The Morgan fingerprint density at radius 2 is 1.83 bits per heavy atom. The second-order valence-electron chi connectivity index (χ2n) is 8.33. The Bertz CT molecular complexity index is 939. The molecule has 0 aliphatic carbocycles. The first kappa shape index (κ1) is 20.0. The van der Waals surface area contributed by atoms with Gasteiger partial charge in [-0.05, 0) is 69.4 Å². The van der Waals surface area contributed by atoms with Gasteiger partial charge in [-0.2, -0.15) is 0 Å². The molecule has 3 heterocycles. The minimum atomic E-state index is -0.504. The highest BCUT2D eigenvalue weighted by atomic mass is 32.1. The summed E-state index contributed by atoms with van der Waals surface area (Å²) in [7, 11) is 0. The topological polar surface area (TPSA) is 48.8 Å². The van der Waals surface area contributed by atoms with Crippen molar-refractivity contribution in [2.24, 2.45) is 0 Å². The molecule has 1 saturated heterocycles. The quantitative estimate of drug-likeness (QED) is 0.756. The summed E-state index contributed by atoms with van der Waals surface area (Å²) in [6.45, 7) is 11.6. The summed E-state index contributed by atoms with van der Waals surface area (Å²) >= 11 is 5.94. The summed E-state index contributed by atoms with van der Waals surface area (Å²) in [5.41, 5.74) is 3.44. The molecule has 1 N–H and O–H groups in total. The van der Waals surface area contributed by atoms with Crippen molar-refractivity contribution in [3.8, 4) is 11.5 Å². The van der Waals surface area contributed by atoms with Gasteiger partial charge in [0.15, 0.2) is 5.60 Å². The van der Waals surface area contributed by atoms with Crippen molar-refractivity contribution in [1.82, 2.24) is 9.88 Å². The zero-order valence-corrected chi connectivity index (χ0v) is 18.5. The van der Waals surface area contributed by atoms with E-state index in [1.54, 1.807) is 0 Å². The number of nitrogens with zero attached hydrogens (tertiary/aromatic N) is 3. The van der Waals surface area contributed by atoms with Crippen molar-refractivity contribution in [2.45, 2.75) is 46.1 Å². The van der Waals surface area contributed by atoms with Crippen LogP contribution in [-0.4, -0.2) is 51.8 Å². The third-order valence-electron chi connectivity index (χ3n) is 6.51. The summed E-state index contributed by atoms with van der Waals surface area (Å²) in [6, 6.07) is 6.02. The van der Waals surface area contributed by atoms with Gasteiger partial charge in [-0.25, -0.2) is 4.98 Å². The molecule has 2 aliphatic heterocycles. The number of aromatic nitrogens is 1. The van der Waals surface area contributed by atoms with Crippen molar-refractivity contribution < 1.29 is 9.84 Å². The Kier molecular flexibility index (Phi) is 5.15. The van der Waals surface area contributed by atoms with E-state index >= 15 is 0 Å². The van der Waals surface area contributed by atoms with Gasteiger partial charge in [-0.1, -0.05) is 18.3 Å². The van der Waals surface area contributed by atoms with Gasteiger partial charge >= 0.3 is 0 Å². The minimum Gasteiger partial charge on any atom is -0.507 e. The lowest BCUT2D eigenvalue weighted by Gasteiger charge is -2.44. The van der Waals surface area contributed by atoms with Crippen molar-refractivity contribution in [1.29, 1.82) is 0 Å². The summed E-state index contributed by atoms with van der Waals surface area (Å²) in [6.07, 6.45) is 3.52. The van der Waals surface area contributed by atoms with Crippen LogP contribution in [0.1, 0.15) is 35.6 Å². The molecule has 154 valence electrons. The number of aromatic hydroxyl groups is 1. The SMILES string of the molecule is Cc1c(C)c2c(c(C)c1O)CCC(C)(C(=S)N1CCN(c3ccccn3)CC1)O2. The standard InChI is InChI=1S/C23H29N3O2S/c1-15-16(2)21-18(17(3)20(15)27)8-9-23(4,28-21)22(29)26-13-11-25(12-14-26)19-7-5-6-10-24-19/h5-7,10,27H,8-9,11-14H2,1-4H3. The molecule has 0 amide bonds. The summed E-state index contributed by atoms with van der Waals surface area (Å²) < 4.78 is 6.57. The Balaban J connectivity index is 1.50. The molecular weight excluding hydrogens is 382 g/mol. The maximum absolute atomic E-state index is 10.4. The fourth-order valence-corrected chi connectivity index (χ4v) is 4.74. The number of anilines is 1. The van der Waals surface area contributed by atoms with Crippen LogP contribution < -0.4 is 9.64 Å². The normalized spacial score (nSPS) is 21.5. The lowest BCUT2D eigenvalue weighted by molar-refractivity contribution is 0.119. The number of ether oxygens (including phenoxy) is 1. The Morgan fingerprint density at radius 1 is 1.10 bits per heavy atom. The van der Waals surface area contributed by atoms with E-state index in [0.29, 0.717) is 5.75 Å². The highest BCUT2D eigenvalue weighted by Gasteiger charge is 2.41. The number of thiocarbonyl (C=S) groups is 1. The molecule has 2 aliphatic rings. The zero-order chi connectivity index (χ0) is 20.8. The highest BCUT2D eigenvalue weighted by Crippen LogP contribution is 2.44. The van der Waals surface area contributed by atoms with Crippen LogP contribution in [0.4, 0.5) is 5.82 Å². The van der Waals surface area contributed by atoms with Crippen LogP contribution in [0, 0.1) is 20.8 Å². The third kappa shape index (κ3) is 3.44. The van der Waals surface area contributed by atoms with Crippen LogP contribution in [0.15, 0.2) is 24.4 Å². The summed E-state index contributed by atoms with van der Waals surface area (Å²) in [4.78, 5) is 9.94. The number of fused-ring (bicyclic) bond motifs is 1. The number of rotatable bonds is 2. The molecule has 1 unspecified atom stereocenters. The van der Waals surface area contributed by atoms with Crippen molar-refractivity contribution in [3.63, 3.8) is 0 Å². The molecule has 1 aromatic carbocycles. The van der Waals surface area contributed by atoms with Crippen molar-refractivity contribution >= 4 is 23.0 Å². The van der Waals surface area contributed by atoms with Gasteiger partial charge in [0.05, 0.1) is 0 Å². The van der Waals surface area contributed by atoms with Gasteiger partial charge in [0, 0.05) is 37.9 Å². The Morgan fingerprint density at radius 3 is 2.48 bits per heavy atom. The lowest BCUT2D eigenvalue weighted by Crippen LogP contribution is -2.57. The second-order valence-corrected chi connectivity index (χ2v) is 8.72. The number of hydrogen-bond acceptors (Lipinski definition) is 5. The van der Waals surface area contributed by atoms with Gasteiger partial charge in [-0.15, -0.1) is 0 Å². The third-order valence-corrected chi connectivity index (χ3v) is 7.20. The maximum Gasteiger partial charge on any atom is 0.156 e. The van der Waals surface area contributed by atoms with E-state index in [4.69, 9.17) is 17.0 Å². The van der Waals surface area contributed by atoms with Crippen LogP contribution >= 0.6 is 12.2 Å². The van der Waals surface area contributed by atoms with E-state index in [2.05, 4.69) is 27.8 Å². The van der Waals surface area contributed by atoms with E-state index < -0.39 is 5.60 Å². The first-order valence-corrected chi connectivity index (χ1v) is 10.7. The molecule has 0 spiro atoms. The number of hydrogen-bond donors (Lipinski definition) is 1. The van der Waals surface area contributed by atoms with Crippen LogP contribution in [-0.2, 0) is 6.42 Å². The van der Waals surface area contributed by atoms with E-state index in [9.17, 15) is 5.11 Å². The molecule has 1 atom stereocenters. The van der Waals surface area contributed by atoms with Crippen LogP contribution in [0.3, 0.4) is 0 Å². The van der Waals surface area contributed by atoms with Crippen LogP contribution in [0.2, 0.25) is 0 Å². The number of piperazine rings is 1. The molecule has 2 aromatic rings. The van der Waals surface area contributed by atoms with Gasteiger partial charge in [-0.3, -0.25) is 0 Å². The fourth-order valence-electron chi connectivity index (χ4n) is 4.41. The highest BCUT2D eigenvalue weighted by molar-refractivity contribution is 7.80. The zero-order valence-electron chi connectivity index (χ0n) is 17.7. The lowest BCUT2D eigenvalue weighted by atomic mass is 9.86. The monoisotopic (exact) mass is 411 g/mol. The maximum atomic E-state index is 10.4. The number of benzene rings is 1. The largest absolute Gasteiger partial charge is 0.507 e. The molecule has 6 heteroatoms. The van der Waals surface area contributed by atoms with Gasteiger partial charge in [0.25, 0.3) is 0 Å². The van der Waals surface area contributed by atoms with E-state index in [0.717, 1.165) is 77.8 Å². The predicted molar refractivity (Wildman–Crippen MR) is 120 cm³/mol. The van der Waals surface area contributed by atoms with Crippen molar-refractivity contribution in [2.75, 3.05) is 31.1 Å². The van der Waals surface area contributed by atoms with Crippen molar-refractivity contribution in [3.05, 3.63) is 46.6 Å². The molecule has 29 heavy (non-hydrogen) atoms. The average Bonchev–Trinajstić information content (AvgIpc) is 2.76. The molecule has 0 radical (unpaired) electrons. The second kappa shape index (κ2) is 7.48. The number of phenolic OH excluding ortho intramolecular Hbond substituents is 1. The van der Waals surface area contributed by atoms with E-state index in [1.807, 2.05) is 39.1 Å². The molecule has 1 fully saturated rings.